The Kier molecular flexibility index (Phi) is 6.91. The molecule has 1 aromatic carbocycles. The molecule has 0 aromatic heterocycles. The number of halogens is 1. The summed E-state index contributed by atoms with van der Waals surface area (Å²) in [6.07, 6.45) is 3.56. The van der Waals surface area contributed by atoms with Crippen LogP contribution in [0.4, 0.5) is 0 Å². The van der Waals surface area contributed by atoms with Crippen LogP contribution < -0.4 is 5.32 Å². The fraction of sp³-hybridized carbons (Fsp3) is 0.632. The van der Waals surface area contributed by atoms with E-state index in [0.717, 1.165) is 49.7 Å². The minimum Gasteiger partial charge on any atom is -0.374 e. The second-order valence-electron chi connectivity index (χ2n) is 6.92. The average molecular weight is 473 g/mol. The fourth-order valence-electron chi connectivity index (χ4n) is 4.39. The highest BCUT2D eigenvalue weighted by atomic mass is 127. The summed E-state index contributed by atoms with van der Waals surface area (Å²) in [7, 11) is 0. The molecule has 4 rings (SSSR count). The zero-order valence-electron chi connectivity index (χ0n) is 14.8. The van der Waals surface area contributed by atoms with Gasteiger partial charge in [0.25, 0.3) is 0 Å². The second kappa shape index (κ2) is 8.95. The summed E-state index contributed by atoms with van der Waals surface area (Å²) in [5, 5.41) is 3.49. The van der Waals surface area contributed by atoms with Crippen LogP contribution in [0.3, 0.4) is 0 Å². The summed E-state index contributed by atoms with van der Waals surface area (Å²) in [5.41, 5.74) is 0. The third-order valence-electron chi connectivity index (χ3n) is 5.45. The van der Waals surface area contributed by atoms with E-state index in [4.69, 9.17) is 9.73 Å². The lowest BCUT2D eigenvalue weighted by atomic mass is 9.82. The molecule has 6 heteroatoms. The molecule has 25 heavy (non-hydrogen) atoms. The molecule has 0 amide bonds. The van der Waals surface area contributed by atoms with Crippen LogP contribution >= 0.6 is 35.7 Å². The molecule has 4 unspecified atom stereocenters. The second-order valence-corrected chi connectivity index (χ2v) is 8.09. The predicted octanol–water partition coefficient (Wildman–Crippen LogP) is 3.47. The summed E-state index contributed by atoms with van der Waals surface area (Å²) < 4.78 is 6.08. The zero-order valence-corrected chi connectivity index (χ0v) is 17.9. The van der Waals surface area contributed by atoms with Gasteiger partial charge in [0.15, 0.2) is 5.96 Å². The van der Waals surface area contributed by atoms with Crippen LogP contribution in [0.2, 0.25) is 0 Å². The van der Waals surface area contributed by atoms with Gasteiger partial charge in [-0.3, -0.25) is 4.99 Å². The van der Waals surface area contributed by atoms with Gasteiger partial charge in [-0.25, -0.2) is 0 Å². The van der Waals surface area contributed by atoms with E-state index < -0.39 is 0 Å². The third kappa shape index (κ3) is 4.27. The van der Waals surface area contributed by atoms with Gasteiger partial charge in [0.05, 0.1) is 18.8 Å². The van der Waals surface area contributed by atoms with Crippen molar-refractivity contribution < 1.29 is 4.74 Å². The van der Waals surface area contributed by atoms with Crippen molar-refractivity contribution in [3.63, 3.8) is 0 Å². The Morgan fingerprint density at radius 1 is 1.20 bits per heavy atom. The molecule has 3 aliphatic heterocycles. The van der Waals surface area contributed by atoms with Crippen molar-refractivity contribution in [3.8, 4) is 0 Å². The van der Waals surface area contributed by atoms with Crippen LogP contribution in [0.5, 0.6) is 0 Å². The first-order chi connectivity index (χ1) is 11.8. The van der Waals surface area contributed by atoms with Crippen molar-refractivity contribution in [2.75, 3.05) is 31.9 Å². The van der Waals surface area contributed by atoms with E-state index in [-0.39, 0.29) is 24.0 Å². The van der Waals surface area contributed by atoms with E-state index in [1.165, 1.54) is 17.7 Å². The summed E-state index contributed by atoms with van der Waals surface area (Å²) in [5.74, 6) is 3.58. The van der Waals surface area contributed by atoms with E-state index >= 15 is 0 Å². The highest BCUT2D eigenvalue weighted by Crippen LogP contribution is 2.47. The van der Waals surface area contributed by atoms with Gasteiger partial charge in [-0.15, -0.1) is 35.7 Å². The number of ether oxygens (including phenoxy) is 1. The first-order valence-electron chi connectivity index (χ1n) is 9.21. The number of hydrogen-bond acceptors (Lipinski definition) is 3. The SMILES string of the molecule is CCNC(=NCCSc1ccccc1)N1CC2C3CCC(O3)C2C1.I. The van der Waals surface area contributed by atoms with E-state index in [2.05, 4.69) is 47.5 Å². The molecule has 1 N–H and O–H groups in total. The Labute approximate surface area is 172 Å². The number of nitrogens with zero attached hydrogens (tertiary/aromatic N) is 2. The molecular formula is C19H28IN3OS. The maximum Gasteiger partial charge on any atom is 0.193 e. The molecule has 3 heterocycles. The lowest BCUT2D eigenvalue weighted by Crippen LogP contribution is -2.41. The molecule has 4 nitrogen and oxygen atoms in total. The molecule has 3 saturated heterocycles. The maximum absolute atomic E-state index is 6.08. The van der Waals surface area contributed by atoms with Gasteiger partial charge in [0.1, 0.15) is 0 Å². The topological polar surface area (TPSA) is 36.9 Å². The summed E-state index contributed by atoms with van der Waals surface area (Å²) in [6.45, 7) is 6.17. The van der Waals surface area contributed by atoms with Crippen molar-refractivity contribution in [1.82, 2.24) is 10.2 Å². The number of thioether (sulfide) groups is 1. The van der Waals surface area contributed by atoms with E-state index in [9.17, 15) is 0 Å². The van der Waals surface area contributed by atoms with Gasteiger partial charge in [-0.05, 0) is 31.9 Å². The molecule has 0 aliphatic carbocycles. The van der Waals surface area contributed by atoms with E-state index in [1.807, 2.05) is 11.8 Å². The van der Waals surface area contributed by atoms with Crippen LogP contribution in [0, 0.1) is 11.8 Å². The van der Waals surface area contributed by atoms with Crippen LogP contribution in [-0.2, 0) is 4.74 Å². The molecule has 1 aromatic rings. The van der Waals surface area contributed by atoms with Gasteiger partial charge >= 0.3 is 0 Å². The normalized spacial score (nSPS) is 30.3. The van der Waals surface area contributed by atoms with Crippen molar-refractivity contribution in [2.45, 2.75) is 36.9 Å². The monoisotopic (exact) mass is 473 g/mol. The molecule has 3 fully saturated rings. The highest BCUT2D eigenvalue weighted by molar-refractivity contribution is 14.0. The first kappa shape index (κ1) is 19.3. The van der Waals surface area contributed by atoms with Gasteiger partial charge in [0, 0.05) is 42.1 Å². The lowest BCUT2D eigenvalue weighted by molar-refractivity contribution is 0.0767. The summed E-state index contributed by atoms with van der Waals surface area (Å²) >= 11 is 1.88. The number of guanidine groups is 1. The Morgan fingerprint density at radius 3 is 2.52 bits per heavy atom. The van der Waals surface area contributed by atoms with Crippen molar-refractivity contribution in [2.24, 2.45) is 16.8 Å². The van der Waals surface area contributed by atoms with Crippen LogP contribution in [0.1, 0.15) is 19.8 Å². The van der Waals surface area contributed by atoms with Crippen LogP contribution in [0.15, 0.2) is 40.2 Å². The third-order valence-corrected chi connectivity index (χ3v) is 6.44. The van der Waals surface area contributed by atoms with Gasteiger partial charge in [-0.2, -0.15) is 0 Å². The standard InChI is InChI=1S/C19H27N3OS.HI/c1-2-20-19(21-10-11-24-14-6-4-3-5-7-14)22-12-15-16(13-22)18-9-8-17(15)23-18;/h3-7,15-18H,2,8-13H2,1H3,(H,20,21);1H. The molecule has 138 valence electrons. The quantitative estimate of drug-likeness (QED) is 0.234. The molecule has 0 saturated carbocycles. The molecule has 0 radical (unpaired) electrons. The number of rotatable bonds is 5. The van der Waals surface area contributed by atoms with Gasteiger partial charge in [-0.1, -0.05) is 18.2 Å². The average Bonchev–Trinajstić information content (AvgIpc) is 3.31. The van der Waals surface area contributed by atoms with Gasteiger partial charge in [0.2, 0.25) is 0 Å². The lowest BCUT2D eigenvalue weighted by Gasteiger charge is -2.23. The smallest absolute Gasteiger partial charge is 0.193 e. The number of likely N-dealkylation sites (tertiary alicyclic amines) is 1. The van der Waals surface area contributed by atoms with Crippen molar-refractivity contribution >= 4 is 41.7 Å². The predicted molar refractivity (Wildman–Crippen MR) is 115 cm³/mol. The highest BCUT2D eigenvalue weighted by Gasteiger charge is 2.53. The molecule has 3 aliphatic rings. The molecule has 0 spiro atoms. The first-order valence-corrected chi connectivity index (χ1v) is 10.2. The minimum absolute atomic E-state index is 0. The Hall–Kier alpha value is -0.470. The van der Waals surface area contributed by atoms with E-state index in [1.54, 1.807) is 0 Å². The number of fused-ring (bicyclic) bond motifs is 5. The van der Waals surface area contributed by atoms with Crippen molar-refractivity contribution in [3.05, 3.63) is 30.3 Å². The number of benzene rings is 1. The molecule has 4 atom stereocenters. The van der Waals surface area contributed by atoms with E-state index in [0.29, 0.717) is 12.2 Å². The number of hydrogen-bond donors (Lipinski definition) is 1. The fourth-order valence-corrected chi connectivity index (χ4v) is 5.16. The largest absolute Gasteiger partial charge is 0.374 e. The van der Waals surface area contributed by atoms with Crippen LogP contribution in [-0.4, -0.2) is 55.0 Å². The number of aliphatic imine (C=N–C) groups is 1. The number of nitrogens with one attached hydrogen (secondary N) is 1. The zero-order chi connectivity index (χ0) is 16.4. The molecule has 2 bridgehead atoms. The summed E-state index contributed by atoms with van der Waals surface area (Å²) in [6, 6.07) is 10.6. The molecular weight excluding hydrogens is 445 g/mol. The van der Waals surface area contributed by atoms with Gasteiger partial charge < -0.3 is 15.0 Å². The maximum atomic E-state index is 6.08. The Balaban J connectivity index is 0.00000182. The minimum atomic E-state index is 0. The van der Waals surface area contributed by atoms with Crippen molar-refractivity contribution in [1.29, 1.82) is 0 Å². The Bertz CT molecular complexity index is 567. The summed E-state index contributed by atoms with van der Waals surface area (Å²) in [4.78, 5) is 8.67. The Morgan fingerprint density at radius 2 is 1.88 bits per heavy atom. The van der Waals surface area contributed by atoms with Crippen LogP contribution in [0.25, 0.3) is 0 Å².